The van der Waals surface area contributed by atoms with Gasteiger partial charge in [0.2, 0.25) is 0 Å². The number of amides is 1. The van der Waals surface area contributed by atoms with Crippen LogP contribution in [0.5, 0.6) is 6.01 Å². The number of nitrogens with one attached hydrogen (secondary N) is 1. The Morgan fingerprint density at radius 1 is 1.30 bits per heavy atom. The molecule has 102 valence electrons. The van der Waals surface area contributed by atoms with Crippen LogP contribution in [0.2, 0.25) is 0 Å². The van der Waals surface area contributed by atoms with E-state index in [0.717, 1.165) is 4.88 Å². The standard InChI is InChI=1S/C13H12N4O2S/c18-12(14-8-10-4-3-7-20-10)9-19-13-16-15-11-5-1-2-6-17(11)13/h1-7H,8-9H2,(H,14,18). The minimum atomic E-state index is -0.189. The Morgan fingerprint density at radius 2 is 2.25 bits per heavy atom. The summed E-state index contributed by atoms with van der Waals surface area (Å²) >= 11 is 1.60. The molecule has 7 heteroatoms. The minimum Gasteiger partial charge on any atom is -0.453 e. The first-order valence-electron chi connectivity index (χ1n) is 6.04. The van der Waals surface area contributed by atoms with Crippen molar-refractivity contribution in [2.24, 2.45) is 0 Å². The number of aromatic nitrogens is 3. The van der Waals surface area contributed by atoms with E-state index in [1.165, 1.54) is 0 Å². The van der Waals surface area contributed by atoms with Crippen molar-refractivity contribution in [2.75, 3.05) is 6.61 Å². The summed E-state index contributed by atoms with van der Waals surface area (Å²) in [5.74, 6) is -0.189. The Balaban J connectivity index is 1.55. The number of hydrogen-bond donors (Lipinski definition) is 1. The molecule has 0 radical (unpaired) electrons. The largest absolute Gasteiger partial charge is 0.453 e. The molecule has 0 aliphatic carbocycles. The summed E-state index contributed by atoms with van der Waals surface area (Å²) < 4.78 is 7.06. The summed E-state index contributed by atoms with van der Waals surface area (Å²) in [5.41, 5.74) is 0.682. The molecular weight excluding hydrogens is 276 g/mol. The van der Waals surface area contributed by atoms with Gasteiger partial charge < -0.3 is 10.1 Å². The lowest BCUT2D eigenvalue weighted by molar-refractivity contribution is -0.123. The van der Waals surface area contributed by atoms with Gasteiger partial charge in [0.25, 0.3) is 5.91 Å². The van der Waals surface area contributed by atoms with Crippen molar-refractivity contribution < 1.29 is 9.53 Å². The number of pyridine rings is 1. The molecule has 0 bridgehead atoms. The van der Waals surface area contributed by atoms with Crippen molar-refractivity contribution in [1.29, 1.82) is 0 Å². The molecule has 0 aromatic carbocycles. The number of carbonyl (C=O) groups excluding carboxylic acids is 1. The Labute approximate surface area is 119 Å². The molecule has 1 N–H and O–H groups in total. The predicted molar refractivity (Wildman–Crippen MR) is 74.6 cm³/mol. The second-order valence-electron chi connectivity index (χ2n) is 4.06. The Bertz CT molecular complexity index is 708. The normalized spacial score (nSPS) is 10.6. The molecule has 0 fully saturated rings. The maximum atomic E-state index is 11.7. The lowest BCUT2D eigenvalue weighted by Gasteiger charge is -2.05. The van der Waals surface area contributed by atoms with E-state index in [4.69, 9.17) is 4.74 Å². The molecule has 3 aromatic heterocycles. The molecule has 1 amide bonds. The van der Waals surface area contributed by atoms with Gasteiger partial charge in [-0.1, -0.05) is 17.2 Å². The molecule has 3 rings (SSSR count). The topological polar surface area (TPSA) is 68.5 Å². The molecule has 0 saturated carbocycles. The quantitative estimate of drug-likeness (QED) is 0.772. The molecule has 3 heterocycles. The second-order valence-corrected chi connectivity index (χ2v) is 5.09. The first-order chi connectivity index (χ1) is 9.83. The van der Waals surface area contributed by atoms with Gasteiger partial charge in [0.1, 0.15) is 0 Å². The highest BCUT2D eigenvalue weighted by atomic mass is 32.1. The van der Waals surface area contributed by atoms with Crippen LogP contribution in [0.4, 0.5) is 0 Å². The van der Waals surface area contributed by atoms with Crippen LogP contribution in [0, 0.1) is 0 Å². The average molecular weight is 288 g/mol. The highest BCUT2D eigenvalue weighted by Gasteiger charge is 2.08. The van der Waals surface area contributed by atoms with Crippen molar-refractivity contribution in [1.82, 2.24) is 19.9 Å². The molecule has 0 unspecified atom stereocenters. The monoisotopic (exact) mass is 288 g/mol. The number of hydrogen-bond acceptors (Lipinski definition) is 5. The second kappa shape index (κ2) is 5.70. The minimum absolute atomic E-state index is 0.0823. The van der Waals surface area contributed by atoms with E-state index >= 15 is 0 Å². The number of fused-ring (bicyclic) bond motifs is 1. The number of thiophene rings is 1. The van der Waals surface area contributed by atoms with Crippen LogP contribution in [0.3, 0.4) is 0 Å². The third-order valence-corrected chi connectivity index (χ3v) is 3.53. The van der Waals surface area contributed by atoms with Gasteiger partial charge in [-0.25, -0.2) is 0 Å². The Morgan fingerprint density at radius 3 is 3.10 bits per heavy atom. The third kappa shape index (κ3) is 2.77. The maximum absolute atomic E-state index is 11.7. The summed E-state index contributed by atoms with van der Waals surface area (Å²) in [6.45, 7) is 0.432. The van der Waals surface area contributed by atoms with Gasteiger partial charge in [-0.2, -0.15) is 0 Å². The van der Waals surface area contributed by atoms with Gasteiger partial charge in [0, 0.05) is 11.1 Å². The van der Waals surface area contributed by atoms with E-state index in [9.17, 15) is 4.79 Å². The van der Waals surface area contributed by atoms with E-state index < -0.39 is 0 Å². The number of carbonyl (C=O) groups is 1. The fraction of sp³-hybridized carbons (Fsp3) is 0.154. The summed E-state index contributed by atoms with van der Waals surface area (Å²) in [6, 6.07) is 9.76. The first-order valence-corrected chi connectivity index (χ1v) is 6.92. The average Bonchev–Trinajstić information content (AvgIpc) is 3.12. The third-order valence-electron chi connectivity index (χ3n) is 2.65. The zero-order valence-corrected chi connectivity index (χ0v) is 11.3. The molecule has 0 aliphatic heterocycles. The SMILES string of the molecule is O=C(COc1nnc2ccccn12)NCc1cccs1. The molecule has 6 nitrogen and oxygen atoms in total. The van der Waals surface area contributed by atoms with Gasteiger partial charge in [-0.3, -0.25) is 9.20 Å². The van der Waals surface area contributed by atoms with Crippen LogP contribution in [0.25, 0.3) is 5.65 Å². The van der Waals surface area contributed by atoms with Crippen LogP contribution in [0.1, 0.15) is 4.88 Å². The Kier molecular flexibility index (Phi) is 3.60. The zero-order chi connectivity index (χ0) is 13.8. The summed E-state index contributed by atoms with van der Waals surface area (Å²) in [6.07, 6.45) is 1.79. The lowest BCUT2D eigenvalue weighted by atomic mass is 10.4. The first kappa shape index (κ1) is 12.6. The molecule has 0 atom stereocenters. The number of rotatable bonds is 5. The fourth-order valence-corrected chi connectivity index (χ4v) is 2.34. The van der Waals surface area contributed by atoms with Gasteiger partial charge >= 0.3 is 6.01 Å². The van der Waals surface area contributed by atoms with Crippen LogP contribution >= 0.6 is 11.3 Å². The molecular formula is C13H12N4O2S. The molecule has 0 aliphatic rings. The Hall–Kier alpha value is -2.41. The summed E-state index contributed by atoms with van der Waals surface area (Å²) in [7, 11) is 0. The number of ether oxygens (including phenoxy) is 1. The van der Waals surface area contributed by atoms with Crippen LogP contribution in [0.15, 0.2) is 41.9 Å². The van der Waals surface area contributed by atoms with Crippen LogP contribution < -0.4 is 10.1 Å². The van der Waals surface area contributed by atoms with E-state index in [1.54, 1.807) is 21.9 Å². The van der Waals surface area contributed by atoms with E-state index in [2.05, 4.69) is 15.5 Å². The van der Waals surface area contributed by atoms with Crippen molar-refractivity contribution in [2.45, 2.75) is 6.54 Å². The van der Waals surface area contributed by atoms with Crippen molar-refractivity contribution in [3.63, 3.8) is 0 Å². The molecule has 0 saturated heterocycles. The van der Waals surface area contributed by atoms with Gasteiger partial charge in [0.15, 0.2) is 12.3 Å². The fourth-order valence-electron chi connectivity index (χ4n) is 1.70. The van der Waals surface area contributed by atoms with Crippen molar-refractivity contribution in [3.05, 3.63) is 46.8 Å². The molecule has 0 spiro atoms. The van der Waals surface area contributed by atoms with Gasteiger partial charge in [0.05, 0.1) is 6.54 Å². The van der Waals surface area contributed by atoms with Gasteiger partial charge in [-0.05, 0) is 23.6 Å². The van der Waals surface area contributed by atoms with Crippen LogP contribution in [-0.2, 0) is 11.3 Å². The smallest absolute Gasteiger partial charge is 0.322 e. The predicted octanol–water partition coefficient (Wildman–Crippen LogP) is 1.49. The van der Waals surface area contributed by atoms with Crippen molar-refractivity contribution in [3.8, 4) is 6.01 Å². The van der Waals surface area contributed by atoms with Crippen LogP contribution in [-0.4, -0.2) is 27.1 Å². The molecule has 20 heavy (non-hydrogen) atoms. The summed E-state index contributed by atoms with van der Waals surface area (Å²) in [5, 5.41) is 12.6. The maximum Gasteiger partial charge on any atom is 0.322 e. The highest BCUT2D eigenvalue weighted by molar-refractivity contribution is 7.09. The van der Waals surface area contributed by atoms with Gasteiger partial charge in [-0.15, -0.1) is 16.4 Å². The zero-order valence-electron chi connectivity index (χ0n) is 10.5. The summed E-state index contributed by atoms with van der Waals surface area (Å²) in [4.78, 5) is 12.8. The van der Waals surface area contributed by atoms with Crippen molar-refractivity contribution >= 4 is 22.9 Å². The number of nitrogens with zero attached hydrogens (tertiary/aromatic N) is 3. The van der Waals surface area contributed by atoms with E-state index in [1.807, 2.05) is 35.7 Å². The highest BCUT2D eigenvalue weighted by Crippen LogP contribution is 2.10. The lowest BCUT2D eigenvalue weighted by Crippen LogP contribution is -2.28. The van der Waals surface area contributed by atoms with E-state index in [-0.39, 0.29) is 12.5 Å². The molecule has 3 aromatic rings. The van der Waals surface area contributed by atoms with E-state index in [0.29, 0.717) is 18.2 Å².